The molecule has 0 saturated carbocycles. The normalized spacial score (nSPS) is 25.8. The van der Waals surface area contributed by atoms with E-state index in [-0.39, 0.29) is 17.9 Å². The monoisotopic (exact) mass is 396 g/mol. The molecule has 0 unspecified atom stereocenters. The Bertz CT molecular complexity index is 1080. The number of benzene rings is 3. The summed E-state index contributed by atoms with van der Waals surface area (Å²) in [5.41, 5.74) is 3.36. The molecule has 5 rings (SSSR count). The fraction of sp³-hybridized carbons (Fsp3) is 0.231. The van der Waals surface area contributed by atoms with Gasteiger partial charge < -0.3 is 9.64 Å². The van der Waals surface area contributed by atoms with Crippen molar-refractivity contribution in [1.29, 1.82) is 0 Å². The Morgan fingerprint density at radius 3 is 2.40 bits per heavy atom. The lowest BCUT2D eigenvalue weighted by molar-refractivity contribution is -0.137. The zero-order valence-corrected chi connectivity index (χ0v) is 16.9. The maximum absolute atomic E-state index is 13.6. The van der Waals surface area contributed by atoms with Gasteiger partial charge in [0.2, 0.25) is 5.91 Å². The molecule has 0 radical (unpaired) electrons. The fourth-order valence-electron chi connectivity index (χ4n) is 4.66. The minimum Gasteiger partial charge on any atom is -0.353 e. The topological polar surface area (TPSA) is 41.9 Å². The van der Waals surface area contributed by atoms with Crippen LogP contribution in [0.5, 0.6) is 0 Å². The first-order chi connectivity index (χ1) is 14.7. The Morgan fingerprint density at radius 1 is 0.967 bits per heavy atom. The van der Waals surface area contributed by atoms with Crippen molar-refractivity contribution in [3.63, 3.8) is 0 Å². The van der Waals surface area contributed by atoms with Crippen LogP contribution in [0.4, 0.5) is 5.69 Å². The maximum atomic E-state index is 13.6. The van der Waals surface area contributed by atoms with Crippen LogP contribution < -0.4 is 0 Å². The lowest BCUT2D eigenvalue weighted by atomic mass is 9.93. The van der Waals surface area contributed by atoms with E-state index in [4.69, 9.17) is 9.73 Å². The van der Waals surface area contributed by atoms with Gasteiger partial charge in [-0.3, -0.25) is 9.79 Å². The summed E-state index contributed by atoms with van der Waals surface area (Å²) in [5.74, 6) is -0.142. The predicted octanol–water partition coefficient (Wildman–Crippen LogP) is 5.24. The summed E-state index contributed by atoms with van der Waals surface area (Å²) < 4.78 is 6.19. The Hall–Kier alpha value is -3.24. The number of hydrogen-bond donors (Lipinski definition) is 0. The summed E-state index contributed by atoms with van der Waals surface area (Å²) in [4.78, 5) is 20.3. The van der Waals surface area contributed by atoms with Gasteiger partial charge >= 0.3 is 0 Å². The van der Waals surface area contributed by atoms with Crippen LogP contribution in [-0.2, 0) is 9.53 Å². The smallest absolute Gasteiger partial charge is 0.233 e. The van der Waals surface area contributed by atoms with Crippen molar-refractivity contribution in [2.75, 3.05) is 6.61 Å². The van der Waals surface area contributed by atoms with E-state index >= 15 is 0 Å². The zero-order chi connectivity index (χ0) is 20.6. The largest absolute Gasteiger partial charge is 0.353 e. The summed E-state index contributed by atoms with van der Waals surface area (Å²) in [5, 5.41) is 0. The molecule has 2 aliphatic rings. The van der Waals surface area contributed by atoms with Gasteiger partial charge in [0.25, 0.3) is 0 Å². The quantitative estimate of drug-likeness (QED) is 0.566. The van der Waals surface area contributed by atoms with E-state index in [1.165, 1.54) is 0 Å². The van der Waals surface area contributed by atoms with Gasteiger partial charge in [-0.2, -0.15) is 0 Å². The van der Waals surface area contributed by atoms with Gasteiger partial charge in [-0.05, 0) is 29.7 Å². The summed E-state index contributed by atoms with van der Waals surface area (Å²) in [6.45, 7) is 2.57. The maximum Gasteiger partial charge on any atom is 0.233 e. The molecule has 2 aliphatic heterocycles. The molecule has 3 aromatic rings. The molecule has 4 heteroatoms. The van der Waals surface area contributed by atoms with Crippen LogP contribution in [0.15, 0.2) is 89.9 Å². The number of para-hydroxylation sites is 1. The molecule has 0 spiro atoms. The van der Waals surface area contributed by atoms with Crippen LogP contribution in [0.25, 0.3) is 0 Å². The Morgan fingerprint density at radius 2 is 1.63 bits per heavy atom. The van der Waals surface area contributed by atoms with Gasteiger partial charge in [0.1, 0.15) is 5.72 Å². The first-order valence-electron chi connectivity index (χ1n) is 10.4. The second-order valence-electron chi connectivity index (χ2n) is 8.11. The molecule has 2 fully saturated rings. The van der Waals surface area contributed by atoms with Crippen molar-refractivity contribution < 1.29 is 9.53 Å². The van der Waals surface area contributed by atoms with Crippen LogP contribution in [0.3, 0.4) is 0 Å². The van der Waals surface area contributed by atoms with E-state index in [0.717, 1.165) is 22.4 Å². The van der Waals surface area contributed by atoms with E-state index < -0.39 is 5.72 Å². The van der Waals surface area contributed by atoms with Gasteiger partial charge in [0.05, 0.1) is 24.3 Å². The number of amides is 1. The van der Waals surface area contributed by atoms with E-state index in [9.17, 15) is 4.79 Å². The van der Waals surface area contributed by atoms with E-state index in [0.29, 0.717) is 13.0 Å². The van der Waals surface area contributed by atoms with Gasteiger partial charge in [-0.1, -0.05) is 78.9 Å². The molecule has 2 saturated heterocycles. The SMILES string of the molecule is C[C@@]12C[C@H](c3ccccc3N=Cc3ccccc3)C(=O)N1[C@@H](c1ccccc1)CO2. The van der Waals surface area contributed by atoms with Crippen LogP contribution >= 0.6 is 0 Å². The van der Waals surface area contributed by atoms with Crippen molar-refractivity contribution in [2.45, 2.75) is 31.0 Å². The third-order valence-corrected chi connectivity index (χ3v) is 6.14. The van der Waals surface area contributed by atoms with Crippen LogP contribution in [0.2, 0.25) is 0 Å². The second kappa shape index (κ2) is 7.54. The molecule has 150 valence electrons. The number of rotatable bonds is 4. The number of carbonyl (C=O) groups excluding carboxylic acids is 1. The number of ether oxygens (including phenoxy) is 1. The van der Waals surface area contributed by atoms with Gasteiger partial charge in [0.15, 0.2) is 0 Å². The van der Waals surface area contributed by atoms with Crippen molar-refractivity contribution >= 4 is 17.8 Å². The zero-order valence-electron chi connectivity index (χ0n) is 16.9. The predicted molar refractivity (Wildman–Crippen MR) is 118 cm³/mol. The molecule has 1 amide bonds. The van der Waals surface area contributed by atoms with Gasteiger partial charge in [0, 0.05) is 12.6 Å². The summed E-state index contributed by atoms with van der Waals surface area (Å²) in [7, 11) is 0. The lowest BCUT2D eigenvalue weighted by Gasteiger charge is -2.29. The third kappa shape index (κ3) is 3.23. The summed E-state index contributed by atoms with van der Waals surface area (Å²) >= 11 is 0. The lowest BCUT2D eigenvalue weighted by Crippen LogP contribution is -2.40. The minimum atomic E-state index is -0.585. The average Bonchev–Trinajstić information content (AvgIpc) is 3.26. The Labute approximate surface area is 176 Å². The molecule has 4 nitrogen and oxygen atoms in total. The highest BCUT2D eigenvalue weighted by Gasteiger charge is 2.56. The molecular formula is C26H24N2O2. The van der Waals surface area contributed by atoms with Crippen LogP contribution in [0.1, 0.15) is 42.0 Å². The number of fused-ring (bicyclic) bond motifs is 1. The van der Waals surface area contributed by atoms with Crippen molar-refractivity contribution in [3.05, 3.63) is 102 Å². The second-order valence-corrected chi connectivity index (χ2v) is 8.11. The van der Waals surface area contributed by atoms with Crippen LogP contribution in [-0.4, -0.2) is 29.4 Å². The van der Waals surface area contributed by atoms with E-state index in [1.807, 2.05) is 90.8 Å². The molecule has 3 aromatic carbocycles. The molecule has 0 N–H and O–H groups in total. The van der Waals surface area contributed by atoms with Crippen molar-refractivity contribution in [1.82, 2.24) is 4.90 Å². The minimum absolute atomic E-state index is 0.0475. The Balaban J connectivity index is 1.47. The summed E-state index contributed by atoms with van der Waals surface area (Å²) in [6.07, 6.45) is 2.48. The van der Waals surface area contributed by atoms with Gasteiger partial charge in [-0.25, -0.2) is 0 Å². The average molecular weight is 396 g/mol. The number of carbonyl (C=O) groups is 1. The standard InChI is InChI=1S/C26H24N2O2/c1-26-16-22(25(29)28(26)24(18-30-26)20-12-6-3-7-13-20)21-14-8-9-15-23(21)27-17-19-10-4-2-5-11-19/h2-15,17,22,24H,16,18H2,1H3/t22-,24-,26-/m1/s1. The highest BCUT2D eigenvalue weighted by atomic mass is 16.5. The Kier molecular flexibility index (Phi) is 4.72. The number of aliphatic imine (C=N–C) groups is 1. The number of nitrogens with zero attached hydrogens (tertiary/aromatic N) is 2. The molecule has 3 atom stereocenters. The highest BCUT2D eigenvalue weighted by molar-refractivity contribution is 5.90. The third-order valence-electron chi connectivity index (χ3n) is 6.14. The first-order valence-corrected chi connectivity index (χ1v) is 10.4. The van der Waals surface area contributed by atoms with Gasteiger partial charge in [-0.15, -0.1) is 0 Å². The highest BCUT2D eigenvalue weighted by Crippen LogP contribution is 2.50. The molecule has 2 heterocycles. The van der Waals surface area contributed by atoms with E-state index in [1.54, 1.807) is 0 Å². The van der Waals surface area contributed by atoms with Crippen LogP contribution in [0, 0.1) is 0 Å². The molecule has 0 aliphatic carbocycles. The summed E-state index contributed by atoms with van der Waals surface area (Å²) in [6, 6.07) is 28.0. The van der Waals surface area contributed by atoms with E-state index in [2.05, 4.69) is 12.1 Å². The molecule has 0 bridgehead atoms. The first kappa shape index (κ1) is 18.8. The molecular weight excluding hydrogens is 372 g/mol. The number of hydrogen-bond acceptors (Lipinski definition) is 3. The molecule has 0 aromatic heterocycles. The van der Waals surface area contributed by atoms with Crippen molar-refractivity contribution in [3.8, 4) is 0 Å². The fourth-order valence-corrected chi connectivity index (χ4v) is 4.66. The molecule has 30 heavy (non-hydrogen) atoms. The van der Waals surface area contributed by atoms with Crippen molar-refractivity contribution in [2.24, 2.45) is 4.99 Å².